The number of nitrogens with two attached hydrogens (primary N) is 1. The summed E-state index contributed by atoms with van der Waals surface area (Å²) in [6, 6.07) is 1.36. The smallest absolute Gasteiger partial charge is 0.265 e. The molecule has 90 valence electrons. The number of hydrogen-bond donors (Lipinski definition) is 2. The van der Waals surface area contributed by atoms with Crippen molar-refractivity contribution in [2.45, 2.75) is 4.90 Å². The first-order chi connectivity index (χ1) is 7.99. The molecule has 0 radical (unpaired) electrons. The molecule has 0 unspecified atom stereocenters. The fraction of sp³-hybridized carbons (Fsp3) is 0. The summed E-state index contributed by atoms with van der Waals surface area (Å²) in [5, 5.41) is 3.38. The van der Waals surface area contributed by atoms with Crippen LogP contribution in [-0.2, 0) is 10.0 Å². The van der Waals surface area contributed by atoms with Gasteiger partial charge in [0.15, 0.2) is 0 Å². The third-order valence-corrected chi connectivity index (χ3v) is 3.67. The lowest BCUT2D eigenvalue weighted by Gasteiger charge is -2.07. The minimum atomic E-state index is -3.80. The Bertz CT molecular complexity index is 626. The summed E-state index contributed by atoms with van der Waals surface area (Å²) < 4.78 is 31.2. The predicted molar refractivity (Wildman–Crippen MR) is 63.7 cm³/mol. The highest BCUT2D eigenvalue weighted by molar-refractivity contribution is 9.10. The molecule has 3 N–H and O–H groups in total. The number of anilines is 2. The predicted octanol–water partition coefficient (Wildman–Crippen LogP) is 1.22. The molecular formula is C8H7BrN4O3S. The molecular weight excluding hydrogens is 312 g/mol. The summed E-state index contributed by atoms with van der Waals surface area (Å²) in [6.07, 6.45) is 3.81. The van der Waals surface area contributed by atoms with Gasteiger partial charge in [-0.05, 0) is 22.0 Å². The van der Waals surface area contributed by atoms with Gasteiger partial charge in [-0.1, -0.05) is 5.16 Å². The molecule has 0 bridgehead atoms. The van der Waals surface area contributed by atoms with Crippen molar-refractivity contribution in [2.24, 2.45) is 0 Å². The van der Waals surface area contributed by atoms with Gasteiger partial charge < -0.3 is 10.3 Å². The number of nitrogen functional groups attached to an aromatic ring is 1. The Labute approximate surface area is 105 Å². The largest absolute Gasteiger partial charge is 0.383 e. The van der Waals surface area contributed by atoms with Gasteiger partial charge in [0.05, 0.1) is 6.20 Å². The van der Waals surface area contributed by atoms with Gasteiger partial charge >= 0.3 is 0 Å². The fourth-order valence-corrected chi connectivity index (χ4v) is 2.73. The maximum absolute atomic E-state index is 12.0. The number of hydrogen-bond acceptors (Lipinski definition) is 6. The van der Waals surface area contributed by atoms with Crippen LogP contribution in [0.2, 0.25) is 0 Å². The van der Waals surface area contributed by atoms with E-state index in [1.165, 1.54) is 24.7 Å². The summed E-state index contributed by atoms with van der Waals surface area (Å²) in [5.41, 5.74) is 5.73. The number of halogens is 1. The van der Waals surface area contributed by atoms with Crippen molar-refractivity contribution in [3.05, 3.63) is 29.2 Å². The highest BCUT2D eigenvalue weighted by atomic mass is 79.9. The van der Waals surface area contributed by atoms with Crippen LogP contribution >= 0.6 is 15.9 Å². The van der Waals surface area contributed by atoms with Crippen LogP contribution in [0.15, 0.2) is 38.6 Å². The van der Waals surface area contributed by atoms with Crippen molar-refractivity contribution in [2.75, 3.05) is 10.5 Å². The SMILES string of the molecule is Nc1ncc(Br)cc1S(=O)(=O)Nc1cnoc1. The van der Waals surface area contributed by atoms with Crippen LogP contribution in [0.3, 0.4) is 0 Å². The topological polar surface area (TPSA) is 111 Å². The van der Waals surface area contributed by atoms with E-state index in [1.807, 2.05) is 0 Å². The monoisotopic (exact) mass is 318 g/mol. The van der Waals surface area contributed by atoms with E-state index in [4.69, 9.17) is 5.73 Å². The lowest BCUT2D eigenvalue weighted by molar-refractivity contribution is 0.420. The van der Waals surface area contributed by atoms with Crippen LogP contribution in [0.25, 0.3) is 0 Å². The van der Waals surface area contributed by atoms with Crippen molar-refractivity contribution < 1.29 is 12.9 Å². The van der Waals surface area contributed by atoms with Crippen molar-refractivity contribution >= 4 is 37.5 Å². The molecule has 0 aliphatic carbocycles. The van der Waals surface area contributed by atoms with Gasteiger partial charge in [-0.25, -0.2) is 13.4 Å². The van der Waals surface area contributed by atoms with Crippen LogP contribution in [0.1, 0.15) is 0 Å². The Kier molecular flexibility index (Phi) is 3.03. The molecule has 9 heteroatoms. The zero-order valence-corrected chi connectivity index (χ0v) is 10.7. The molecule has 0 spiro atoms. The summed E-state index contributed by atoms with van der Waals surface area (Å²) >= 11 is 3.13. The second kappa shape index (κ2) is 4.34. The average Bonchev–Trinajstić information content (AvgIpc) is 2.73. The number of rotatable bonds is 3. The van der Waals surface area contributed by atoms with Crippen molar-refractivity contribution in [1.29, 1.82) is 0 Å². The molecule has 2 aromatic rings. The van der Waals surface area contributed by atoms with E-state index in [0.29, 0.717) is 4.47 Å². The Morgan fingerprint density at radius 2 is 2.18 bits per heavy atom. The summed E-state index contributed by atoms with van der Waals surface area (Å²) in [6.45, 7) is 0. The second-order valence-corrected chi connectivity index (χ2v) is 5.62. The molecule has 0 saturated heterocycles. The Morgan fingerprint density at radius 1 is 1.41 bits per heavy atom. The summed E-state index contributed by atoms with van der Waals surface area (Å²) in [5.74, 6) is -0.0860. The van der Waals surface area contributed by atoms with Crippen molar-refractivity contribution in [3.8, 4) is 0 Å². The van der Waals surface area contributed by atoms with Crippen LogP contribution in [-0.4, -0.2) is 18.6 Å². The van der Waals surface area contributed by atoms with Crippen molar-refractivity contribution in [1.82, 2.24) is 10.1 Å². The average molecular weight is 319 g/mol. The zero-order chi connectivity index (χ0) is 12.5. The minimum absolute atomic E-state index is 0.0860. The van der Waals surface area contributed by atoms with Crippen LogP contribution < -0.4 is 10.5 Å². The Morgan fingerprint density at radius 3 is 2.82 bits per heavy atom. The molecule has 17 heavy (non-hydrogen) atoms. The van der Waals surface area contributed by atoms with Crippen molar-refractivity contribution in [3.63, 3.8) is 0 Å². The third kappa shape index (κ3) is 2.56. The van der Waals surface area contributed by atoms with Gasteiger partial charge in [-0.2, -0.15) is 0 Å². The third-order valence-electron chi connectivity index (χ3n) is 1.82. The van der Waals surface area contributed by atoms with Gasteiger partial charge in [0.1, 0.15) is 22.7 Å². The summed E-state index contributed by atoms with van der Waals surface area (Å²) in [4.78, 5) is 3.63. The Balaban J connectivity index is 2.41. The second-order valence-electron chi connectivity index (χ2n) is 3.06. The maximum atomic E-state index is 12.0. The molecule has 0 atom stereocenters. The van der Waals surface area contributed by atoms with E-state index >= 15 is 0 Å². The first-order valence-corrected chi connectivity index (χ1v) is 6.60. The molecule has 7 nitrogen and oxygen atoms in total. The number of nitrogens with zero attached hydrogens (tertiary/aromatic N) is 2. The van der Waals surface area contributed by atoms with Crippen LogP contribution in [0.4, 0.5) is 11.5 Å². The molecule has 0 aliphatic heterocycles. The number of pyridine rings is 1. The molecule has 2 heterocycles. The van der Waals surface area contributed by atoms with Gasteiger partial charge in [0.2, 0.25) is 0 Å². The van der Waals surface area contributed by atoms with E-state index in [9.17, 15) is 8.42 Å². The van der Waals surface area contributed by atoms with Gasteiger partial charge in [-0.3, -0.25) is 4.72 Å². The lowest BCUT2D eigenvalue weighted by Crippen LogP contribution is -2.15. The quantitative estimate of drug-likeness (QED) is 0.880. The molecule has 0 aromatic carbocycles. The van der Waals surface area contributed by atoms with Gasteiger partial charge in [0, 0.05) is 10.7 Å². The molecule has 0 saturated carbocycles. The number of aromatic nitrogens is 2. The van der Waals surface area contributed by atoms with E-state index in [2.05, 4.69) is 35.3 Å². The van der Waals surface area contributed by atoms with E-state index in [-0.39, 0.29) is 16.4 Å². The highest BCUT2D eigenvalue weighted by Crippen LogP contribution is 2.22. The van der Waals surface area contributed by atoms with Gasteiger partial charge in [0.25, 0.3) is 10.0 Å². The molecule has 0 aliphatic rings. The van der Waals surface area contributed by atoms with E-state index in [0.717, 1.165) is 0 Å². The van der Waals surface area contributed by atoms with E-state index in [1.54, 1.807) is 0 Å². The van der Waals surface area contributed by atoms with Crippen LogP contribution in [0, 0.1) is 0 Å². The lowest BCUT2D eigenvalue weighted by atomic mass is 10.5. The molecule has 2 aromatic heterocycles. The normalized spacial score (nSPS) is 11.4. The van der Waals surface area contributed by atoms with E-state index < -0.39 is 10.0 Å². The highest BCUT2D eigenvalue weighted by Gasteiger charge is 2.19. The maximum Gasteiger partial charge on any atom is 0.265 e. The molecule has 2 rings (SSSR count). The zero-order valence-electron chi connectivity index (χ0n) is 8.29. The standard InChI is InChI=1S/C8H7BrN4O3S/c9-5-1-7(8(10)11-2-5)17(14,15)13-6-3-12-16-4-6/h1-4,13H,(H2,10,11). The molecule has 0 amide bonds. The number of nitrogens with one attached hydrogen (secondary N) is 1. The fourth-order valence-electron chi connectivity index (χ4n) is 1.11. The first kappa shape index (κ1) is 11.9. The molecule has 0 fully saturated rings. The van der Waals surface area contributed by atoms with Crippen LogP contribution in [0.5, 0.6) is 0 Å². The Hall–Kier alpha value is -1.61. The minimum Gasteiger partial charge on any atom is -0.383 e. The van der Waals surface area contributed by atoms with Gasteiger partial charge in [-0.15, -0.1) is 0 Å². The summed E-state index contributed by atoms with van der Waals surface area (Å²) in [7, 11) is -3.80. The first-order valence-electron chi connectivity index (χ1n) is 4.32. The number of sulfonamides is 1.